The largest absolute Gasteiger partial charge is 0.350 e. The molecule has 0 spiro atoms. The van der Waals surface area contributed by atoms with Gasteiger partial charge in [-0.3, -0.25) is 9.59 Å². The summed E-state index contributed by atoms with van der Waals surface area (Å²) < 4.78 is 0. The number of nitrogens with zero attached hydrogens (tertiary/aromatic N) is 1. The number of hydrogen-bond donors (Lipinski definition) is 1. The Morgan fingerprint density at radius 3 is 1.94 bits per heavy atom. The van der Waals surface area contributed by atoms with Crippen LogP contribution < -0.4 is 10.2 Å². The molecule has 2 amide bonds. The molecular weight excluding hydrogens is 396 g/mol. The Morgan fingerprint density at radius 2 is 1.25 bits per heavy atom. The van der Waals surface area contributed by atoms with E-state index in [0.29, 0.717) is 17.0 Å². The molecule has 1 heterocycles. The molecule has 0 bridgehead atoms. The van der Waals surface area contributed by atoms with Crippen LogP contribution in [-0.4, -0.2) is 11.8 Å². The van der Waals surface area contributed by atoms with Gasteiger partial charge in [-0.2, -0.15) is 0 Å². The Bertz CT molecular complexity index is 1300. The zero-order valence-electron chi connectivity index (χ0n) is 19.5. The number of hydrogen-bond acceptors (Lipinski definition) is 3. The highest BCUT2D eigenvalue weighted by atomic mass is 16.2. The van der Waals surface area contributed by atoms with Crippen molar-refractivity contribution in [3.05, 3.63) is 99.2 Å². The molecule has 0 saturated heterocycles. The third-order valence-corrected chi connectivity index (χ3v) is 6.14. The summed E-state index contributed by atoms with van der Waals surface area (Å²) in [6.07, 6.45) is 0. The Balaban J connectivity index is 1.90. The van der Waals surface area contributed by atoms with Crippen molar-refractivity contribution in [2.75, 3.05) is 10.2 Å². The fraction of sp³-hybridized carbons (Fsp3) is 0.214. The van der Waals surface area contributed by atoms with Crippen LogP contribution in [0.2, 0.25) is 0 Å². The number of nitrogens with one attached hydrogen (secondary N) is 1. The summed E-state index contributed by atoms with van der Waals surface area (Å²) in [4.78, 5) is 28.7. The summed E-state index contributed by atoms with van der Waals surface area (Å²) in [5.74, 6) is -0.641. The van der Waals surface area contributed by atoms with Gasteiger partial charge in [-0.15, -0.1) is 0 Å². The number of anilines is 2. The van der Waals surface area contributed by atoms with Crippen molar-refractivity contribution in [3.8, 4) is 0 Å². The first-order chi connectivity index (χ1) is 15.2. The minimum atomic E-state index is -0.335. The van der Waals surface area contributed by atoms with Crippen molar-refractivity contribution in [3.63, 3.8) is 0 Å². The number of imide groups is 1. The van der Waals surface area contributed by atoms with E-state index in [1.54, 1.807) is 0 Å². The Kier molecular flexibility index (Phi) is 5.47. The maximum absolute atomic E-state index is 13.7. The second kappa shape index (κ2) is 8.12. The molecule has 162 valence electrons. The summed E-state index contributed by atoms with van der Waals surface area (Å²) >= 11 is 0. The number of benzene rings is 3. The third-order valence-electron chi connectivity index (χ3n) is 6.14. The molecule has 0 aliphatic carbocycles. The van der Waals surface area contributed by atoms with E-state index in [4.69, 9.17) is 0 Å². The Hall–Kier alpha value is -3.66. The molecule has 0 atom stereocenters. The van der Waals surface area contributed by atoms with Crippen molar-refractivity contribution in [2.45, 2.75) is 41.5 Å². The molecule has 4 nitrogen and oxygen atoms in total. The third kappa shape index (κ3) is 3.73. The predicted octanol–water partition coefficient (Wildman–Crippen LogP) is 5.93. The van der Waals surface area contributed by atoms with Crippen LogP contribution in [0.25, 0.3) is 5.57 Å². The normalized spacial score (nSPS) is 13.9. The van der Waals surface area contributed by atoms with Gasteiger partial charge in [0.1, 0.15) is 5.70 Å². The second-order valence-electron chi connectivity index (χ2n) is 8.73. The van der Waals surface area contributed by atoms with Gasteiger partial charge in [-0.1, -0.05) is 42.5 Å². The maximum atomic E-state index is 13.7. The zero-order valence-corrected chi connectivity index (χ0v) is 19.5. The molecule has 32 heavy (non-hydrogen) atoms. The van der Waals surface area contributed by atoms with Gasteiger partial charge in [0.25, 0.3) is 11.8 Å². The van der Waals surface area contributed by atoms with Gasteiger partial charge >= 0.3 is 0 Å². The predicted molar refractivity (Wildman–Crippen MR) is 131 cm³/mol. The Morgan fingerprint density at radius 1 is 0.625 bits per heavy atom. The maximum Gasteiger partial charge on any atom is 0.282 e. The van der Waals surface area contributed by atoms with Gasteiger partial charge in [-0.05, 0) is 92.6 Å². The highest BCUT2D eigenvalue weighted by molar-refractivity contribution is 6.46. The summed E-state index contributed by atoms with van der Waals surface area (Å²) in [5.41, 5.74) is 9.08. The number of aryl methyl sites for hydroxylation is 6. The molecule has 3 aromatic rings. The van der Waals surface area contributed by atoms with E-state index < -0.39 is 0 Å². The topological polar surface area (TPSA) is 49.4 Å². The lowest BCUT2D eigenvalue weighted by Crippen LogP contribution is -2.33. The van der Waals surface area contributed by atoms with E-state index in [2.05, 4.69) is 5.32 Å². The van der Waals surface area contributed by atoms with Gasteiger partial charge in [0.2, 0.25) is 0 Å². The van der Waals surface area contributed by atoms with E-state index in [1.807, 2.05) is 96.1 Å². The van der Waals surface area contributed by atoms with E-state index in [0.717, 1.165) is 44.6 Å². The lowest BCUT2D eigenvalue weighted by atomic mass is 9.99. The SMILES string of the molecule is Cc1ccc(C)c(NC2=C(c3ccc(C)c(C)c3)C(=O)N(c3cc(C)ccc3C)C2=O)c1. The van der Waals surface area contributed by atoms with Gasteiger partial charge in [-0.25, -0.2) is 4.90 Å². The fourth-order valence-corrected chi connectivity index (χ4v) is 3.99. The fourth-order valence-electron chi connectivity index (χ4n) is 3.99. The highest BCUT2D eigenvalue weighted by Gasteiger charge is 2.41. The Labute approximate surface area is 189 Å². The quantitative estimate of drug-likeness (QED) is 0.528. The van der Waals surface area contributed by atoms with E-state index in [-0.39, 0.29) is 11.8 Å². The minimum Gasteiger partial charge on any atom is -0.350 e. The molecule has 3 aromatic carbocycles. The van der Waals surface area contributed by atoms with E-state index in [9.17, 15) is 9.59 Å². The standard InChI is InChI=1S/C28H28N2O2/c1-16-7-9-19(4)23(13-16)29-26-25(22-12-11-18(3)21(6)15-22)27(31)30(28(26)32)24-14-17(2)8-10-20(24)5/h7-15,29H,1-6H3. The average Bonchev–Trinajstić information content (AvgIpc) is 2.98. The summed E-state index contributed by atoms with van der Waals surface area (Å²) in [6.45, 7) is 11.9. The van der Waals surface area contributed by atoms with Crippen LogP contribution in [0.4, 0.5) is 11.4 Å². The van der Waals surface area contributed by atoms with Crippen LogP contribution >= 0.6 is 0 Å². The van der Waals surface area contributed by atoms with E-state index >= 15 is 0 Å². The van der Waals surface area contributed by atoms with Crippen LogP contribution in [0.1, 0.15) is 38.9 Å². The average molecular weight is 425 g/mol. The summed E-state index contributed by atoms with van der Waals surface area (Å²) in [5, 5.41) is 3.31. The number of carbonyl (C=O) groups excluding carboxylic acids is 2. The van der Waals surface area contributed by atoms with Crippen LogP contribution in [-0.2, 0) is 9.59 Å². The molecule has 4 heteroatoms. The smallest absolute Gasteiger partial charge is 0.282 e. The lowest BCUT2D eigenvalue weighted by molar-refractivity contribution is -0.120. The van der Waals surface area contributed by atoms with Gasteiger partial charge in [0.05, 0.1) is 11.3 Å². The first-order valence-corrected chi connectivity index (χ1v) is 10.8. The van der Waals surface area contributed by atoms with Gasteiger partial charge in [0.15, 0.2) is 0 Å². The monoisotopic (exact) mass is 424 g/mol. The molecule has 1 aliphatic heterocycles. The zero-order chi connectivity index (χ0) is 23.2. The number of carbonyl (C=O) groups is 2. The van der Waals surface area contributed by atoms with E-state index in [1.165, 1.54) is 4.90 Å². The highest BCUT2D eigenvalue weighted by Crippen LogP contribution is 2.36. The van der Waals surface area contributed by atoms with Crippen LogP contribution in [0.5, 0.6) is 0 Å². The molecule has 1 N–H and O–H groups in total. The minimum absolute atomic E-state index is 0.306. The molecule has 0 unspecified atom stereocenters. The van der Waals surface area contributed by atoms with Crippen LogP contribution in [0, 0.1) is 41.5 Å². The molecular formula is C28H28N2O2. The summed E-state index contributed by atoms with van der Waals surface area (Å²) in [7, 11) is 0. The second-order valence-corrected chi connectivity index (χ2v) is 8.73. The molecule has 4 rings (SSSR count). The van der Waals surface area contributed by atoms with Crippen molar-refractivity contribution in [1.82, 2.24) is 0 Å². The van der Waals surface area contributed by atoms with Crippen molar-refractivity contribution in [1.29, 1.82) is 0 Å². The van der Waals surface area contributed by atoms with Gasteiger partial charge < -0.3 is 5.32 Å². The molecule has 0 fully saturated rings. The van der Waals surface area contributed by atoms with Crippen LogP contribution in [0.15, 0.2) is 60.3 Å². The van der Waals surface area contributed by atoms with Crippen molar-refractivity contribution < 1.29 is 9.59 Å². The molecule has 1 aliphatic rings. The van der Waals surface area contributed by atoms with Crippen molar-refractivity contribution in [2.24, 2.45) is 0 Å². The molecule has 0 aromatic heterocycles. The number of amides is 2. The lowest BCUT2D eigenvalue weighted by Gasteiger charge is -2.19. The summed E-state index contributed by atoms with van der Waals surface area (Å²) in [6, 6.07) is 17.7. The van der Waals surface area contributed by atoms with Crippen LogP contribution in [0.3, 0.4) is 0 Å². The first-order valence-electron chi connectivity index (χ1n) is 10.8. The van der Waals surface area contributed by atoms with Crippen molar-refractivity contribution >= 4 is 28.8 Å². The van der Waals surface area contributed by atoms with Gasteiger partial charge in [0, 0.05) is 5.69 Å². The molecule has 0 radical (unpaired) electrons. The molecule has 0 saturated carbocycles. The number of rotatable bonds is 4. The first kappa shape index (κ1) is 21.6.